The zero-order chi connectivity index (χ0) is 15.0. The largest absolute Gasteiger partial charge is 0.324 e. The highest BCUT2D eigenvalue weighted by Gasteiger charge is 2.24. The number of hydrogen-bond donors (Lipinski definition) is 0. The molecule has 1 aliphatic rings. The molecule has 0 saturated heterocycles. The zero-order valence-corrected chi connectivity index (χ0v) is 13.3. The topological polar surface area (TPSA) is 34.9 Å². The van der Waals surface area contributed by atoms with E-state index in [0.717, 1.165) is 25.0 Å². The van der Waals surface area contributed by atoms with Gasteiger partial charge < -0.3 is 4.57 Å². The molecular weight excluding hydrogens is 307 g/mol. The number of Topliss-reactive ketones (excluding diaryl/α,β-unsaturated/α-hetero) is 1. The van der Waals surface area contributed by atoms with E-state index in [-0.39, 0.29) is 11.8 Å². The molecule has 0 bridgehead atoms. The second-order valence-electron chi connectivity index (χ2n) is 5.42. The van der Waals surface area contributed by atoms with Crippen LogP contribution in [0.4, 0.5) is 0 Å². The number of fused-ring (bicyclic) bond motifs is 1. The molecule has 110 valence electrons. The summed E-state index contributed by atoms with van der Waals surface area (Å²) in [7, 11) is 0. The van der Waals surface area contributed by atoms with Crippen LogP contribution in [0.3, 0.4) is 0 Å². The smallest absolute Gasteiger partial charge is 0.186 e. The number of rotatable bonds is 3. The highest BCUT2D eigenvalue weighted by Crippen LogP contribution is 2.28. The molecule has 3 nitrogen and oxygen atoms in total. The number of carbonyl (C=O) groups excluding carboxylic acids is 1. The van der Waals surface area contributed by atoms with Gasteiger partial charge in [-0.05, 0) is 50.8 Å². The number of benzene rings is 1. The Kier molecular flexibility index (Phi) is 4.05. The van der Waals surface area contributed by atoms with E-state index in [1.54, 1.807) is 24.5 Å². The summed E-state index contributed by atoms with van der Waals surface area (Å²) >= 11 is 12.0. The first-order valence-corrected chi connectivity index (χ1v) is 7.87. The minimum atomic E-state index is -0.307. The van der Waals surface area contributed by atoms with Crippen LogP contribution in [-0.4, -0.2) is 15.3 Å². The summed E-state index contributed by atoms with van der Waals surface area (Å²) in [5.41, 5.74) is 2.82. The van der Waals surface area contributed by atoms with E-state index in [0.29, 0.717) is 15.6 Å². The maximum absolute atomic E-state index is 12.7. The first-order chi connectivity index (χ1) is 10.1. The van der Waals surface area contributed by atoms with Crippen molar-refractivity contribution in [3.63, 3.8) is 0 Å². The molecule has 1 unspecified atom stereocenters. The Balaban J connectivity index is 1.93. The molecule has 21 heavy (non-hydrogen) atoms. The van der Waals surface area contributed by atoms with Gasteiger partial charge in [-0.3, -0.25) is 4.79 Å². The van der Waals surface area contributed by atoms with Crippen LogP contribution in [0.2, 0.25) is 10.0 Å². The normalized spacial score (nSPS) is 15.6. The summed E-state index contributed by atoms with van der Waals surface area (Å²) in [6, 6.07) is 4.67. The maximum Gasteiger partial charge on any atom is 0.186 e. The molecule has 0 fully saturated rings. The van der Waals surface area contributed by atoms with Gasteiger partial charge in [0.1, 0.15) is 0 Å². The SMILES string of the molecule is CC(C(=O)c1ccc(Cl)cc1Cl)n1cnc2c1CCCC2. The van der Waals surface area contributed by atoms with Crippen molar-refractivity contribution < 1.29 is 4.79 Å². The number of carbonyl (C=O) groups is 1. The lowest BCUT2D eigenvalue weighted by molar-refractivity contribution is 0.0933. The first-order valence-electron chi connectivity index (χ1n) is 7.12. The standard InChI is InChI=1S/C16H16Cl2N2O/c1-10(16(21)12-7-6-11(17)8-13(12)18)20-9-19-14-4-2-3-5-15(14)20/h6-10H,2-5H2,1H3. The Morgan fingerprint density at radius 3 is 2.81 bits per heavy atom. The number of hydrogen-bond acceptors (Lipinski definition) is 2. The third-order valence-electron chi connectivity index (χ3n) is 4.05. The van der Waals surface area contributed by atoms with Gasteiger partial charge in [0, 0.05) is 16.3 Å². The molecule has 1 heterocycles. The average molecular weight is 323 g/mol. The molecule has 0 aliphatic heterocycles. The molecule has 0 N–H and O–H groups in total. The van der Waals surface area contributed by atoms with Crippen LogP contribution in [0.15, 0.2) is 24.5 Å². The quantitative estimate of drug-likeness (QED) is 0.779. The Bertz CT molecular complexity index is 694. The van der Waals surface area contributed by atoms with Gasteiger partial charge in [0.2, 0.25) is 0 Å². The Morgan fingerprint density at radius 2 is 2.05 bits per heavy atom. The van der Waals surface area contributed by atoms with E-state index in [2.05, 4.69) is 4.98 Å². The monoisotopic (exact) mass is 322 g/mol. The van der Waals surface area contributed by atoms with Crippen LogP contribution in [0.25, 0.3) is 0 Å². The fourth-order valence-electron chi connectivity index (χ4n) is 2.87. The third-order valence-corrected chi connectivity index (χ3v) is 4.60. The average Bonchev–Trinajstić information content (AvgIpc) is 2.90. The molecule has 1 atom stereocenters. The van der Waals surface area contributed by atoms with Crippen LogP contribution >= 0.6 is 23.2 Å². The summed E-state index contributed by atoms with van der Waals surface area (Å²) in [6.07, 6.45) is 6.10. The van der Waals surface area contributed by atoms with Crippen molar-refractivity contribution in [2.45, 2.75) is 38.6 Å². The molecule has 2 aromatic rings. The third kappa shape index (κ3) is 2.72. The fraction of sp³-hybridized carbons (Fsp3) is 0.375. The molecule has 0 saturated carbocycles. The summed E-state index contributed by atoms with van der Waals surface area (Å²) in [5.74, 6) is -0.0116. The summed E-state index contributed by atoms with van der Waals surface area (Å²) in [6.45, 7) is 1.89. The predicted molar refractivity (Wildman–Crippen MR) is 84.4 cm³/mol. The Morgan fingerprint density at radius 1 is 1.29 bits per heavy atom. The lowest BCUT2D eigenvalue weighted by Gasteiger charge is -2.19. The van der Waals surface area contributed by atoms with Crippen molar-refractivity contribution in [2.75, 3.05) is 0 Å². The minimum absolute atomic E-state index is 0.0116. The van der Waals surface area contributed by atoms with Gasteiger partial charge in [-0.2, -0.15) is 0 Å². The van der Waals surface area contributed by atoms with E-state index in [4.69, 9.17) is 23.2 Å². The van der Waals surface area contributed by atoms with Crippen LogP contribution in [-0.2, 0) is 12.8 Å². The Hall–Kier alpha value is -1.32. The van der Waals surface area contributed by atoms with Crippen molar-refractivity contribution in [1.82, 2.24) is 9.55 Å². The van der Waals surface area contributed by atoms with Gasteiger partial charge in [0.25, 0.3) is 0 Å². The molecule has 3 rings (SSSR count). The lowest BCUT2D eigenvalue weighted by atomic mass is 9.99. The van der Waals surface area contributed by atoms with Crippen molar-refractivity contribution >= 4 is 29.0 Å². The summed E-state index contributed by atoms with van der Waals surface area (Å²) in [4.78, 5) is 17.1. The van der Waals surface area contributed by atoms with Gasteiger partial charge in [0.15, 0.2) is 5.78 Å². The van der Waals surface area contributed by atoms with E-state index >= 15 is 0 Å². The molecular formula is C16H16Cl2N2O. The zero-order valence-electron chi connectivity index (χ0n) is 11.8. The van der Waals surface area contributed by atoms with Crippen LogP contribution < -0.4 is 0 Å². The van der Waals surface area contributed by atoms with Gasteiger partial charge >= 0.3 is 0 Å². The first kappa shape index (κ1) is 14.6. The van der Waals surface area contributed by atoms with E-state index in [9.17, 15) is 4.79 Å². The van der Waals surface area contributed by atoms with Gasteiger partial charge in [-0.15, -0.1) is 0 Å². The lowest BCUT2D eigenvalue weighted by Crippen LogP contribution is -2.19. The van der Waals surface area contributed by atoms with Gasteiger partial charge in [-0.1, -0.05) is 23.2 Å². The van der Waals surface area contributed by atoms with Crippen LogP contribution in [0.1, 0.15) is 47.6 Å². The number of aromatic nitrogens is 2. The second-order valence-corrected chi connectivity index (χ2v) is 6.26. The fourth-order valence-corrected chi connectivity index (χ4v) is 3.37. The minimum Gasteiger partial charge on any atom is -0.324 e. The molecule has 0 amide bonds. The highest BCUT2D eigenvalue weighted by atomic mass is 35.5. The molecule has 0 spiro atoms. The molecule has 1 aromatic carbocycles. The molecule has 5 heteroatoms. The van der Waals surface area contributed by atoms with E-state index in [1.165, 1.54) is 12.1 Å². The number of aryl methyl sites for hydroxylation is 1. The predicted octanol–water partition coefficient (Wildman–Crippen LogP) is 4.51. The number of nitrogens with zero attached hydrogens (tertiary/aromatic N) is 2. The van der Waals surface area contributed by atoms with Crippen molar-refractivity contribution in [1.29, 1.82) is 0 Å². The second kappa shape index (κ2) is 5.82. The van der Waals surface area contributed by atoms with E-state index in [1.807, 2.05) is 11.5 Å². The summed E-state index contributed by atoms with van der Waals surface area (Å²) < 4.78 is 1.99. The van der Waals surface area contributed by atoms with E-state index < -0.39 is 0 Å². The Labute approximate surface area is 133 Å². The van der Waals surface area contributed by atoms with Crippen molar-refractivity contribution in [2.24, 2.45) is 0 Å². The van der Waals surface area contributed by atoms with Crippen LogP contribution in [0.5, 0.6) is 0 Å². The summed E-state index contributed by atoms with van der Waals surface area (Å²) in [5, 5.41) is 0.928. The molecule has 1 aliphatic carbocycles. The van der Waals surface area contributed by atoms with Gasteiger partial charge in [0.05, 0.1) is 23.1 Å². The molecule has 0 radical (unpaired) electrons. The van der Waals surface area contributed by atoms with Crippen molar-refractivity contribution in [3.8, 4) is 0 Å². The number of halogens is 2. The number of ketones is 1. The molecule has 1 aromatic heterocycles. The van der Waals surface area contributed by atoms with Crippen molar-refractivity contribution in [3.05, 3.63) is 51.5 Å². The number of imidazole rings is 1. The van der Waals surface area contributed by atoms with Crippen LogP contribution in [0, 0.1) is 0 Å². The maximum atomic E-state index is 12.7. The van der Waals surface area contributed by atoms with Gasteiger partial charge in [-0.25, -0.2) is 4.98 Å². The highest BCUT2D eigenvalue weighted by molar-refractivity contribution is 6.36.